The van der Waals surface area contributed by atoms with Crippen LogP contribution in [0.15, 0.2) is 30.3 Å². The first-order valence-corrected chi connectivity index (χ1v) is 8.19. The molecule has 1 aliphatic carbocycles. The highest BCUT2D eigenvalue weighted by Gasteiger charge is 2.31. The van der Waals surface area contributed by atoms with Gasteiger partial charge in [-0.15, -0.1) is 0 Å². The van der Waals surface area contributed by atoms with Gasteiger partial charge in [-0.2, -0.15) is 0 Å². The van der Waals surface area contributed by atoms with Gasteiger partial charge in [0.1, 0.15) is 0 Å². The summed E-state index contributed by atoms with van der Waals surface area (Å²) in [4.78, 5) is 0. The van der Waals surface area contributed by atoms with Crippen molar-refractivity contribution in [3.05, 3.63) is 35.9 Å². The second-order valence-corrected chi connectivity index (χ2v) is 7.84. The van der Waals surface area contributed by atoms with Gasteiger partial charge in [0.25, 0.3) is 0 Å². The lowest BCUT2D eigenvalue weighted by Crippen LogP contribution is -2.42. The van der Waals surface area contributed by atoms with Gasteiger partial charge in [-0.05, 0) is 42.1 Å². The van der Waals surface area contributed by atoms with Crippen molar-refractivity contribution < 1.29 is 0 Å². The second kappa shape index (κ2) is 6.30. The molecule has 1 fully saturated rings. The Morgan fingerprint density at radius 2 is 1.65 bits per heavy atom. The van der Waals surface area contributed by atoms with E-state index in [1.54, 1.807) is 0 Å². The molecular weight excluding hydrogens is 242 g/mol. The topological polar surface area (TPSA) is 12.0 Å². The van der Waals surface area contributed by atoms with E-state index in [1.807, 2.05) is 0 Å². The molecule has 112 valence electrons. The average molecular weight is 273 g/mol. The van der Waals surface area contributed by atoms with Gasteiger partial charge < -0.3 is 5.32 Å². The van der Waals surface area contributed by atoms with E-state index in [0.29, 0.717) is 12.1 Å². The first-order chi connectivity index (χ1) is 9.38. The van der Waals surface area contributed by atoms with E-state index in [1.165, 1.54) is 24.8 Å². The number of hydrogen-bond donors (Lipinski definition) is 1. The first-order valence-electron chi connectivity index (χ1n) is 8.19. The van der Waals surface area contributed by atoms with Crippen LogP contribution in [0.3, 0.4) is 0 Å². The van der Waals surface area contributed by atoms with E-state index < -0.39 is 0 Å². The molecule has 0 bridgehead atoms. The standard InChI is InChI=1S/C19H31N/c1-14-11-12-17(13-15(14)2)20-18(19(3,4)5)16-9-7-6-8-10-16/h6-10,14-15,17-18,20H,11-13H2,1-5H3. The Morgan fingerprint density at radius 1 is 1.00 bits per heavy atom. The lowest BCUT2D eigenvalue weighted by atomic mass is 9.77. The molecule has 20 heavy (non-hydrogen) atoms. The zero-order valence-electron chi connectivity index (χ0n) is 13.8. The predicted molar refractivity (Wildman–Crippen MR) is 87.7 cm³/mol. The Balaban J connectivity index is 2.10. The Labute approximate surface area is 125 Å². The van der Waals surface area contributed by atoms with Crippen LogP contribution < -0.4 is 5.32 Å². The van der Waals surface area contributed by atoms with E-state index >= 15 is 0 Å². The Hall–Kier alpha value is -0.820. The molecule has 0 saturated heterocycles. The van der Waals surface area contributed by atoms with Crippen LogP contribution in [0.25, 0.3) is 0 Å². The Morgan fingerprint density at radius 3 is 2.20 bits per heavy atom. The SMILES string of the molecule is CC1CCC(NC(c2ccccc2)C(C)(C)C)CC1C. The summed E-state index contributed by atoms with van der Waals surface area (Å²) in [5, 5.41) is 3.96. The van der Waals surface area contributed by atoms with E-state index in [4.69, 9.17) is 0 Å². The van der Waals surface area contributed by atoms with Gasteiger partial charge in [-0.1, -0.05) is 65.0 Å². The molecule has 0 amide bonds. The molecule has 4 atom stereocenters. The smallest absolute Gasteiger partial charge is 0.0371 e. The predicted octanol–water partition coefficient (Wildman–Crippen LogP) is 5.19. The number of rotatable bonds is 3. The fourth-order valence-corrected chi connectivity index (χ4v) is 3.43. The third kappa shape index (κ3) is 3.85. The Bertz CT molecular complexity index is 404. The van der Waals surface area contributed by atoms with Crippen LogP contribution in [0.5, 0.6) is 0 Å². The summed E-state index contributed by atoms with van der Waals surface area (Å²) in [5.74, 6) is 1.73. The van der Waals surface area contributed by atoms with E-state index in [9.17, 15) is 0 Å². The summed E-state index contributed by atoms with van der Waals surface area (Å²) in [7, 11) is 0. The van der Waals surface area contributed by atoms with Gasteiger partial charge in [-0.25, -0.2) is 0 Å². The molecule has 1 nitrogen and oxygen atoms in total. The van der Waals surface area contributed by atoms with E-state index in [-0.39, 0.29) is 5.41 Å². The van der Waals surface area contributed by atoms with Crippen molar-refractivity contribution in [3.63, 3.8) is 0 Å². The largest absolute Gasteiger partial charge is 0.307 e. The average Bonchev–Trinajstić information content (AvgIpc) is 2.39. The van der Waals surface area contributed by atoms with Gasteiger partial charge in [0, 0.05) is 12.1 Å². The van der Waals surface area contributed by atoms with Gasteiger partial charge >= 0.3 is 0 Å². The summed E-state index contributed by atoms with van der Waals surface area (Å²) in [5.41, 5.74) is 1.67. The second-order valence-electron chi connectivity index (χ2n) is 7.84. The molecule has 1 aliphatic rings. The highest BCUT2D eigenvalue weighted by Crippen LogP contribution is 2.36. The summed E-state index contributed by atoms with van der Waals surface area (Å²) in [6.07, 6.45) is 4.01. The molecule has 0 radical (unpaired) electrons. The summed E-state index contributed by atoms with van der Waals surface area (Å²) in [6, 6.07) is 12.0. The van der Waals surface area contributed by atoms with Gasteiger partial charge in [0.2, 0.25) is 0 Å². The van der Waals surface area contributed by atoms with Crippen molar-refractivity contribution in [2.75, 3.05) is 0 Å². The summed E-state index contributed by atoms with van der Waals surface area (Å²) < 4.78 is 0. The molecule has 1 aromatic rings. The molecule has 1 saturated carbocycles. The highest BCUT2D eigenvalue weighted by atomic mass is 15.0. The van der Waals surface area contributed by atoms with E-state index in [0.717, 1.165) is 11.8 Å². The van der Waals surface area contributed by atoms with Crippen LogP contribution in [0.1, 0.15) is 65.5 Å². The zero-order chi connectivity index (χ0) is 14.8. The van der Waals surface area contributed by atoms with Crippen LogP contribution in [-0.2, 0) is 0 Å². The lowest BCUT2D eigenvalue weighted by molar-refractivity contribution is 0.177. The van der Waals surface area contributed by atoms with Crippen molar-refractivity contribution in [2.24, 2.45) is 17.3 Å². The quantitative estimate of drug-likeness (QED) is 0.799. The Kier molecular flexibility index (Phi) is 4.90. The molecular formula is C19H31N. The zero-order valence-corrected chi connectivity index (χ0v) is 13.8. The first kappa shape index (κ1) is 15.6. The molecule has 0 heterocycles. The third-order valence-corrected chi connectivity index (χ3v) is 5.00. The molecule has 1 N–H and O–H groups in total. The monoisotopic (exact) mass is 273 g/mol. The van der Waals surface area contributed by atoms with Crippen LogP contribution in [0.4, 0.5) is 0 Å². The maximum absolute atomic E-state index is 3.96. The molecule has 1 aromatic carbocycles. The molecule has 0 aromatic heterocycles. The van der Waals surface area contributed by atoms with Crippen LogP contribution in [0.2, 0.25) is 0 Å². The molecule has 0 spiro atoms. The fraction of sp³-hybridized carbons (Fsp3) is 0.684. The highest BCUT2D eigenvalue weighted by molar-refractivity contribution is 5.21. The maximum Gasteiger partial charge on any atom is 0.0371 e. The minimum atomic E-state index is 0.244. The van der Waals surface area contributed by atoms with E-state index in [2.05, 4.69) is 70.3 Å². The summed E-state index contributed by atoms with van der Waals surface area (Å²) in [6.45, 7) is 11.8. The minimum Gasteiger partial charge on any atom is -0.307 e. The molecule has 2 rings (SSSR count). The normalized spacial score (nSPS) is 29.1. The van der Waals surface area contributed by atoms with Crippen molar-refractivity contribution >= 4 is 0 Å². The van der Waals surface area contributed by atoms with Crippen molar-refractivity contribution in [1.29, 1.82) is 0 Å². The van der Waals surface area contributed by atoms with Crippen molar-refractivity contribution in [1.82, 2.24) is 5.32 Å². The molecule has 1 heteroatoms. The number of nitrogens with one attached hydrogen (secondary N) is 1. The summed E-state index contributed by atoms with van der Waals surface area (Å²) >= 11 is 0. The minimum absolute atomic E-state index is 0.244. The third-order valence-electron chi connectivity index (χ3n) is 5.00. The fourth-order valence-electron chi connectivity index (χ4n) is 3.43. The lowest BCUT2D eigenvalue weighted by Gasteiger charge is -2.39. The number of hydrogen-bond acceptors (Lipinski definition) is 1. The number of benzene rings is 1. The van der Waals surface area contributed by atoms with Crippen molar-refractivity contribution in [3.8, 4) is 0 Å². The van der Waals surface area contributed by atoms with Crippen LogP contribution >= 0.6 is 0 Å². The molecule has 0 aliphatic heterocycles. The van der Waals surface area contributed by atoms with Gasteiger partial charge in [0.05, 0.1) is 0 Å². The maximum atomic E-state index is 3.96. The van der Waals surface area contributed by atoms with Crippen LogP contribution in [-0.4, -0.2) is 6.04 Å². The molecule has 4 unspecified atom stereocenters. The van der Waals surface area contributed by atoms with Gasteiger partial charge in [-0.3, -0.25) is 0 Å². The van der Waals surface area contributed by atoms with Crippen molar-refractivity contribution in [2.45, 2.75) is 66.0 Å². The van der Waals surface area contributed by atoms with Crippen LogP contribution in [0, 0.1) is 17.3 Å². The van der Waals surface area contributed by atoms with Gasteiger partial charge in [0.15, 0.2) is 0 Å².